The molecule has 2 saturated heterocycles. The Morgan fingerprint density at radius 1 is 1.36 bits per heavy atom. The van der Waals surface area contributed by atoms with Crippen molar-refractivity contribution in [2.45, 2.75) is 51.7 Å². The van der Waals surface area contributed by atoms with Crippen molar-refractivity contribution in [3.8, 4) is 0 Å². The van der Waals surface area contributed by atoms with Gasteiger partial charge in [0.15, 0.2) is 0 Å². The van der Waals surface area contributed by atoms with E-state index in [-0.39, 0.29) is 17.2 Å². The van der Waals surface area contributed by atoms with Crippen molar-refractivity contribution in [1.29, 1.82) is 0 Å². The second-order valence-electron chi connectivity index (χ2n) is 8.81. The van der Waals surface area contributed by atoms with Crippen LogP contribution in [0.5, 0.6) is 0 Å². The lowest BCUT2D eigenvalue weighted by Gasteiger charge is -2.36. The summed E-state index contributed by atoms with van der Waals surface area (Å²) in [4.78, 5) is 57.6. The third-order valence-corrected chi connectivity index (χ3v) is 5.88. The van der Waals surface area contributed by atoms with Crippen molar-refractivity contribution in [3.63, 3.8) is 0 Å². The molecule has 3 N–H and O–H groups in total. The molecule has 0 aliphatic carbocycles. The van der Waals surface area contributed by atoms with E-state index >= 15 is 0 Å². The van der Waals surface area contributed by atoms with E-state index in [4.69, 9.17) is 4.74 Å². The van der Waals surface area contributed by atoms with Crippen LogP contribution < -0.4 is 15.5 Å². The van der Waals surface area contributed by atoms with E-state index in [1.165, 1.54) is 6.08 Å². The molecule has 2 fully saturated rings. The first-order valence-corrected chi connectivity index (χ1v) is 11.4. The Balaban J connectivity index is 1.63. The molecule has 3 heterocycles. The summed E-state index contributed by atoms with van der Waals surface area (Å²) in [7, 11) is 0. The maximum atomic E-state index is 12.2. The van der Waals surface area contributed by atoms with Gasteiger partial charge in [-0.1, -0.05) is 0 Å². The summed E-state index contributed by atoms with van der Waals surface area (Å²) in [6.07, 6.45) is 3.56. The van der Waals surface area contributed by atoms with E-state index in [9.17, 15) is 24.3 Å². The predicted molar refractivity (Wildman–Crippen MR) is 121 cm³/mol. The van der Waals surface area contributed by atoms with Gasteiger partial charge in [-0.15, -0.1) is 0 Å². The molecule has 178 valence electrons. The largest absolute Gasteiger partial charge is 0.481 e. The second-order valence-corrected chi connectivity index (χ2v) is 9.82. The number of alkyl carbamates (subject to hydrolysis) is 1. The molecule has 0 spiro atoms. The number of thioether (sulfide) groups is 1. The highest BCUT2D eigenvalue weighted by molar-refractivity contribution is 8.18. The SMILES string of the molecule is CC(C)(C)OC(=O)NC(CC(=O)O)C1CCN(c2nccc(C=C3SC(=O)NC3=O)n2)CC1. The van der Waals surface area contributed by atoms with Gasteiger partial charge in [0.1, 0.15) is 5.60 Å². The zero-order valence-electron chi connectivity index (χ0n) is 18.7. The average molecular weight is 478 g/mol. The Labute approximate surface area is 195 Å². The van der Waals surface area contributed by atoms with E-state index in [1.807, 2.05) is 4.90 Å². The zero-order valence-corrected chi connectivity index (χ0v) is 19.5. The number of carboxylic acid groups (broad SMARTS) is 1. The van der Waals surface area contributed by atoms with Crippen molar-refractivity contribution in [1.82, 2.24) is 20.6 Å². The topological polar surface area (TPSA) is 151 Å². The Kier molecular flexibility index (Phi) is 7.57. The van der Waals surface area contributed by atoms with Crippen LogP contribution in [-0.2, 0) is 14.3 Å². The van der Waals surface area contributed by atoms with Crippen LogP contribution in [0.2, 0.25) is 0 Å². The summed E-state index contributed by atoms with van der Waals surface area (Å²) in [5.41, 5.74) is -0.172. The quantitative estimate of drug-likeness (QED) is 0.521. The van der Waals surface area contributed by atoms with Crippen LogP contribution in [0.25, 0.3) is 6.08 Å². The zero-order chi connectivity index (χ0) is 24.2. The van der Waals surface area contributed by atoms with Gasteiger partial charge in [-0.25, -0.2) is 14.8 Å². The van der Waals surface area contributed by atoms with Gasteiger partial charge in [0.05, 0.1) is 17.0 Å². The van der Waals surface area contributed by atoms with Gasteiger partial charge in [0.2, 0.25) is 5.95 Å². The summed E-state index contributed by atoms with van der Waals surface area (Å²) < 4.78 is 5.28. The molecular formula is C21H27N5O6S. The Morgan fingerprint density at radius 3 is 2.64 bits per heavy atom. The van der Waals surface area contributed by atoms with E-state index in [0.29, 0.717) is 37.6 Å². The first-order valence-electron chi connectivity index (χ1n) is 10.5. The number of hydrogen-bond donors (Lipinski definition) is 3. The van der Waals surface area contributed by atoms with Crippen LogP contribution in [0.15, 0.2) is 17.2 Å². The fraction of sp³-hybridized carbons (Fsp3) is 0.524. The van der Waals surface area contributed by atoms with Crippen LogP contribution in [0.4, 0.5) is 15.5 Å². The van der Waals surface area contributed by atoms with Gasteiger partial charge >= 0.3 is 12.1 Å². The third kappa shape index (κ3) is 7.17. The fourth-order valence-corrected chi connectivity index (χ4v) is 4.30. The molecule has 11 nitrogen and oxygen atoms in total. The van der Waals surface area contributed by atoms with E-state index < -0.39 is 34.9 Å². The predicted octanol–water partition coefficient (Wildman–Crippen LogP) is 2.38. The number of carbonyl (C=O) groups is 4. The number of aromatic nitrogens is 2. The Morgan fingerprint density at radius 2 is 2.06 bits per heavy atom. The highest BCUT2D eigenvalue weighted by atomic mass is 32.2. The Bertz CT molecular complexity index is 968. The van der Waals surface area contributed by atoms with Crippen molar-refractivity contribution in [2.75, 3.05) is 18.0 Å². The Hall–Kier alpha value is -3.15. The van der Waals surface area contributed by atoms with Crippen molar-refractivity contribution in [2.24, 2.45) is 5.92 Å². The molecule has 0 radical (unpaired) electrons. The molecule has 3 rings (SSSR count). The summed E-state index contributed by atoms with van der Waals surface area (Å²) in [5.74, 6) is -1.00. The molecule has 2 aliphatic rings. The fourth-order valence-electron chi connectivity index (χ4n) is 3.63. The number of carbonyl (C=O) groups excluding carboxylic acids is 3. The van der Waals surface area contributed by atoms with Crippen LogP contribution in [-0.4, -0.2) is 63.0 Å². The number of imide groups is 1. The molecule has 1 atom stereocenters. The summed E-state index contributed by atoms with van der Waals surface area (Å²) >= 11 is 0.821. The lowest BCUT2D eigenvalue weighted by Crippen LogP contribution is -2.48. The molecule has 0 saturated carbocycles. The number of carboxylic acids is 1. The van der Waals surface area contributed by atoms with Gasteiger partial charge in [0, 0.05) is 25.3 Å². The number of piperidine rings is 1. The number of rotatable bonds is 6. The maximum Gasteiger partial charge on any atom is 0.407 e. The third-order valence-electron chi connectivity index (χ3n) is 5.07. The number of ether oxygens (including phenoxy) is 1. The van der Waals surface area contributed by atoms with Gasteiger partial charge in [-0.2, -0.15) is 0 Å². The van der Waals surface area contributed by atoms with E-state index in [0.717, 1.165) is 11.8 Å². The summed E-state index contributed by atoms with van der Waals surface area (Å²) in [6, 6.07) is 1.10. The monoisotopic (exact) mass is 477 g/mol. The molecule has 0 bridgehead atoms. The second kappa shape index (κ2) is 10.2. The number of nitrogens with zero attached hydrogens (tertiary/aromatic N) is 3. The molecule has 2 aliphatic heterocycles. The van der Waals surface area contributed by atoms with Crippen molar-refractivity contribution >= 4 is 47.0 Å². The minimum atomic E-state index is -0.991. The highest BCUT2D eigenvalue weighted by Crippen LogP contribution is 2.27. The number of hydrogen-bond acceptors (Lipinski definition) is 9. The first kappa shape index (κ1) is 24.5. The van der Waals surface area contributed by atoms with Crippen LogP contribution in [0, 0.1) is 5.92 Å². The molecule has 0 aromatic carbocycles. The highest BCUT2D eigenvalue weighted by Gasteiger charge is 2.31. The smallest absolute Gasteiger partial charge is 0.407 e. The lowest BCUT2D eigenvalue weighted by atomic mass is 9.87. The molecular weight excluding hydrogens is 450 g/mol. The van der Waals surface area contributed by atoms with Crippen LogP contribution in [0.1, 0.15) is 45.7 Å². The number of amides is 3. The molecule has 1 aromatic heterocycles. The van der Waals surface area contributed by atoms with Crippen molar-refractivity contribution in [3.05, 3.63) is 22.9 Å². The van der Waals surface area contributed by atoms with Crippen molar-refractivity contribution < 1.29 is 29.0 Å². The standard InChI is InChI=1S/C21H27N5O6S/c1-21(2,3)32-19(30)24-14(11-16(27)28)12-5-8-26(9-6-12)18-22-7-4-13(23-18)10-15-17(29)25-20(31)33-15/h4,7,10,12,14H,5-6,8-9,11H2,1-3H3,(H,24,30)(H,27,28)(H,25,29,31). The maximum absolute atomic E-state index is 12.2. The van der Waals surface area contributed by atoms with Gasteiger partial charge in [0.25, 0.3) is 11.1 Å². The summed E-state index contributed by atoms with van der Waals surface area (Å²) in [6.45, 7) is 6.39. The van der Waals surface area contributed by atoms with E-state index in [2.05, 4.69) is 20.6 Å². The minimum Gasteiger partial charge on any atom is -0.481 e. The first-order chi connectivity index (χ1) is 15.5. The van der Waals surface area contributed by atoms with Crippen LogP contribution in [0.3, 0.4) is 0 Å². The van der Waals surface area contributed by atoms with E-state index in [1.54, 1.807) is 33.0 Å². The number of nitrogens with one attached hydrogen (secondary N) is 2. The molecule has 1 unspecified atom stereocenters. The number of aliphatic carboxylic acids is 1. The number of anilines is 1. The van der Waals surface area contributed by atoms with Gasteiger partial charge in [-0.3, -0.25) is 19.7 Å². The lowest BCUT2D eigenvalue weighted by molar-refractivity contribution is -0.138. The molecule has 1 aromatic rings. The van der Waals surface area contributed by atoms with Gasteiger partial charge < -0.3 is 20.1 Å². The minimum absolute atomic E-state index is 0.0419. The van der Waals surface area contributed by atoms with Gasteiger partial charge in [-0.05, 0) is 63.4 Å². The normalized spacial score (nSPS) is 19.4. The molecule has 12 heteroatoms. The average Bonchev–Trinajstić information content (AvgIpc) is 3.02. The molecule has 3 amide bonds. The summed E-state index contributed by atoms with van der Waals surface area (Å²) in [5, 5.41) is 13.8. The van der Waals surface area contributed by atoms with Crippen LogP contribution >= 0.6 is 11.8 Å². The molecule has 33 heavy (non-hydrogen) atoms.